The smallest absolute Gasteiger partial charge is 0.744 e. The minimum Gasteiger partial charge on any atom is -0.744 e. The van der Waals surface area contributed by atoms with Crippen LogP contribution in [0.3, 0.4) is 0 Å². The maximum atomic E-state index is 11.4. The second-order valence-corrected chi connectivity index (χ2v) is 11.1. The fourth-order valence-corrected chi connectivity index (χ4v) is 5.85. The SMILES string of the molecule is Cc1cc(S(=O)(=O)[O-])c(NC(=S)NC2CCS(=O)(=O)C2)cc1S(=O)(=O)[O-].[Na+].[Na+]. The van der Waals surface area contributed by atoms with Gasteiger partial charge in [-0.05, 0) is 43.3 Å². The van der Waals surface area contributed by atoms with E-state index in [2.05, 4.69) is 10.6 Å². The molecule has 0 amide bonds. The third kappa shape index (κ3) is 7.74. The summed E-state index contributed by atoms with van der Waals surface area (Å²) in [6.45, 7) is 1.17. The standard InChI is InChI=1S/C12H16N2O8S4.2Na/c1-7-4-11(26(20,21)22)9(5-10(7)25(17,18)19)14-12(23)13-8-2-3-24(15,16)6-8;;/h4-5,8H,2-3,6H2,1H3,(H2,13,14,23)(H,17,18,19)(H,20,21,22);;/q;2*+1/p-2. The molecule has 16 heteroatoms. The summed E-state index contributed by atoms with van der Waals surface area (Å²) in [6.07, 6.45) is 0.283. The van der Waals surface area contributed by atoms with Crippen LogP contribution in [0.4, 0.5) is 5.69 Å². The molecule has 28 heavy (non-hydrogen) atoms. The summed E-state index contributed by atoms with van der Waals surface area (Å²) in [5.74, 6) is -0.202. The van der Waals surface area contributed by atoms with Gasteiger partial charge < -0.3 is 19.7 Å². The number of benzene rings is 1. The third-order valence-corrected chi connectivity index (χ3v) is 7.47. The van der Waals surface area contributed by atoms with Crippen LogP contribution in [0.2, 0.25) is 0 Å². The van der Waals surface area contributed by atoms with Gasteiger partial charge in [0.05, 0.1) is 27.0 Å². The van der Waals surface area contributed by atoms with Crippen LogP contribution in [0.5, 0.6) is 0 Å². The first-order chi connectivity index (χ1) is 11.7. The van der Waals surface area contributed by atoms with Gasteiger partial charge in [-0.15, -0.1) is 0 Å². The topological polar surface area (TPSA) is 173 Å². The van der Waals surface area contributed by atoms with Crippen LogP contribution in [-0.4, -0.2) is 57.0 Å². The summed E-state index contributed by atoms with van der Waals surface area (Å²) in [5, 5.41) is 4.79. The van der Waals surface area contributed by atoms with Crippen LogP contribution in [-0.2, 0) is 30.1 Å². The molecule has 10 nitrogen and oxygen atoms in total. The van der Waals surface area contributed by atoms with E-state index in [-0.39, 0.29) is 87.7 Å². The summed E-state index contributed by atoms with van der Waals surface area (Å²) >= 11 is 4.96. The number of hydrogen-bond acceptors (Lipinski definition) is 9. The zero-order valence-corrected chi connectivity index (χ0v) is 22.5. The number of rotatable bonds is 4. The Morgan fingerprint density at radius 1 is 1.11 bits per heavy atom. The summed E-state index contributed by atoms with van der Waals surface area (Å²) in [6, 6.07) is 0.959. The molecular formula is C12H14N2Na2O8S4. The molecule has 1 aromatic carbocycles. The predicted octanol–water partition coefficient (Wildman–Crippen LogP) is -6.72. The van der Waals surface area contributed by atoms with Crippen LogP contribution >= 0.6 is 12.2 Å². The molecule has 0 bridgehead atoms. The minimum absolute atomic E-state index is 0. The van der Waals surface area contributed by atoms with Gasteiger partial charge in [0, 0.05) is 6.04 Å². The van der Waals surface area contributed by atoms with E-state index in [1.165, 1.54) is 6.92 Å². The summed E-state index contributed by atoms with van der Waals surface area (Å²) < 4.78 is 90.9. The van der Waals surface area contributed by atoms with E-state index in [1.54, 1.807) is 0 Å². The molecule has 1 aliphatic heterocycles. The molecule has 0 saturated carbocycles. The molecule has 2 rings (SSSR count). The molecule has 0 spiro atoms. The van der Waals surface area contributed by atoms with Gasteiger partial charge in [-0.3, -0.25) is 0 Å². The van der Waals surface area contributed by atoms with Crippen LogP contribution in [0.15, 0.2) is 21.9 Å². The molecule has 1 saturated heterocycles. The van der Waals surface area contributed by atoms with Gasteiger partial charge in [0.2, 0.25) is 0 Å². The fraction of sp³-hybridized carbons (Fsp3) is 0.417. The molecule has 0 aliphatic carbocycles. The van der Waals surface area contributed by atoms with Crippen molar-refractivity contribution in [2.45, 2.75) is 29.2 Å². The second kappa shape index (κ2) is 10.3. The Bertz CT molecular complexity index is 1070. The molecule has 1 heterocycles. The Kier molecular flexibility index (Phi) is 10.6. The van der Waals surface area contributed by atoms with E-state index in [4.69, 9.17) is 12.2 Å². The quantitative estimate of drug-likeness (QED) is 0.234. The third-order valence-electron chi connectivity index (χ3n) is 3.63. The molecule has 2 N–H and O–H groups in total. The van der Waals surface area contributed by atoms with Gasteiger partial charge in [-0.25, -0.2) is 25.3 Å². The number of nitrogens with one attached hydrogen (secondary N) is 2. The van der Waals surface area contributed by atoms with Gasteiger partial charge >= 0.3 is 59.1 Å². The monoisotopic (exact) mass is 488 g/mol. The summed E-state index contributed by atoms with van der Waals surface area (Å²) in [5.41, 5.74) is -0.695. The number of sulfone groups is 1. The fourth-order valence-electron chi connectivity index (χ4n) is 2.49. The van der Waals surface area contributed by atoms with E-state index >= 15 is 0 Å². The van der Waals surface area contributed by atoms with Crippen molar-refractivity contribution in [2.24, 2.45) is 0 Å². The van der Waals surface area contributed by atoms with Crippen molar-refractivity contribution in [1.82, 2.24) is 5.32 Å². The molecule has 146 valence electrons. The van der Waals surface area contributed by atoms with Crippen molar-refractivity contribution in [1.29, 1.82) is 0 Å². The van der Waals surface area contributed by atoms with Crippen molar-refractivity contribution in [2.75, 3.05) is 16.8 Å². The van der Waals surface area contributed by atoms with E-state index in [1.807, 2.05) is 0 Å². The van der Waals surface area contributed by atoms with Gasteiger partial charge in [0.1, 0.15) is 20.2 Å². The Morgan fingerprint density at radius 3 is 2.07 bits per heavy atom. The Morgan fingerprint density at radius 2 is 1.64 bits per heavy atom. The van der Waals surface area contributed by atoms with Crippen LogP contribution in [0.1, 0.15) is 12.0 Å². The summed E-state index contributed by atoms with van der Waals surface area (Å²) in [7, 11) is -13.1. The van der Waals surface area contributed by atoms with Gasteiger partial charge in [-0.2, -0.15) is 0 Å². The van der Waals surface area contributed by atoms with Crippen molar-refractivity contribution in [3.63, 3.8) is 0 Å². The van der Waals surface area contributed by atoms with Gasteiger partial charge in [-0.1, -0.05) is 0 Å². The molecule has 1 unspecified atom stereocenters. The molecule has 1 fully saturated rings. The normalized spacial score (nSPS) is 18.5. The maximum Gasteiger partial charge on any atom is 1.00 e. The molecule has 1 aromatic rings. The van der Waals surface area contributed by atoms with E-state index < -0.39 is 51.6 Å². The first-order valence-electron chi connectivity index (χ1n) is 7.03. The number of aryl methyl sites for hydroxylation is 1. The van der Waals surface area contributed by atoms with Crippen LogP contribution in [0.25, 0.3) is 0 Å². The Hall–Kier alpha value is 0.680. The largest absolute Gasteiger partial charge is 1.00 e. The number of hydrogen-bond donors (Lipinski definition) is 2. The van der Waals surface area contributed by atoms with Crippen molar-refractivity contribution in [3.8, 4) is 0 Å². The summed E-state index contributed by atoms with van der Waals surface area (Å²) in [4.78, 5) is -1.50. The predicted molar refractivity (Wildman–Crippen MR) is 93.5 cm³/mol. The molecule has 1 aliphatic rings. The van der Waals surface area contributed by atoms with Crippen molar-refractivity contribution >= 4 is 53.1 Å². The first kappa shape index (κ1) is 28.7. The number of anilines is 1. The molecular weight excluding hydrogens is 474 g/mol. The Labute approximate surface area is 213 Å². The van der Waals surface area contributed by atoms with Gasteiger partial charge in [0.15, 0.2) is 14.9 Å². The van der Waals surface area contributed by atoms with Crippen molar-refractivity contribution < 1.29 is 93.5 Å². The second-order valence-electron chi connectivity index (χ2n) is 5.72. The Balaban J connectivity index is 0.00000364. The molecule has 0 aromatic heterocycles. The maximum absolute atomic E-state index is 11.4. The first-order valence-corrected chi connectivity index (χ1v) is 12.1. The van der Waals surface area contributed by atoms with Crippen LogP contribution < -0.4 is 69.7 Å². The van der Waals surface area contributed by atoms with Gasteiger partial charge in [0.25, 0.3) is 0 Å². The molecule has 1 atom stereocenters. The zero-order chi connectivity index (χ0) is 19.9. The molecule has 0 radical (unpaired) electrons. The minimum atomic E-state index is -5.00. The number of thiocarbonyl (C=S) groups is 1. The average Bonchev–Trinajstić information content (AvgIpc) is 2.76. The van der Waals surface area contributed by atoms with E-state index in [9.17, 15) is 34.4 Å². The van der Waals surface area contributed by atoms with Crippen LogP contribution in [0, 0.1) is 6.92 Å². The zero-order valence-electron chi connectivity index (χ0n) is 15.3. The average molecular weight is 488 g/mol. The van der Waals surface area contributed by atoms with E-state index in [0.29, 0.717) is 6.07 Å². The van der Waals surface area contributed by atoms with E-state index in [0.717, 1.165) is 6.07 Å². The van der Waals surface area contributed by atoms with Crippen molar-refractivity contribution in [3.05, 3.63) is 17.7 Å².